The standard InChI is InChI=1S/C18H18N2OS/c1-12-17(16-9-18(13(2)21)22-14(16)3)11-20(19-12)10-15-7-5-4-6-8-15/h4-9,11H,10H2,1-3H3. The number of carbonyl (C=O) groups excluding carboxylic acids is 1. The average molecular weight is 310 g/mol. The van der Waals surface area contributed by atoms with Crippen LogP contribution in [-0.4, -0.2) is 15.6 Å². The van der Waals surface area contributed by atoms with E-state index in [9.17, 15) is 4.79 Å². The minimum atomic E-state index is 0.119. The fourth-order valence-corrected chi connectivity index (χ4v) is 3.49. The fraction of sp³-hybridized carbons (Fsp3) is 0.222. The molecule has 0 saturated heterocycles. The highest BCUT2D eigenvalue weighted by atomic mass is 32.1. The highest BCUT2D eigenvalue weighted by Gasteiger charge is 2.15. The maximum atomic E-state index is 11.6. The molecular weight excluding hydrogens is 292 g/mol. The summed E-state index contributed by atoms with van der Waals surface area (Å²) in [6.45, 7) is 6.44. The average Bonchev–Trinajstić information content (AvgIpc) is 3.03. The molecule has 22 heavy (non-hydrogen) atoms. The highest BCUT2D eigenvalue weighted by molar-refractivity contribution is 7.14. The number of aromatic nitrogens is 2. The van der Waals surface area contributed by atoms with Crippen molar-refractivity contribution in [2.45, 2.75) is 27.3 Å². The van der Waals surface area contributed by atoms with Gasteiger partial charge in [0.25, 0.3) is 0 Å². The maximum Gasteiger partial charge on any atom is 0.169 e. The molecule has 0 fully saturated rings. The number of benzene rings is 1. The van der Waals surface area contributed by atoms with Gasteiger partial charge in [-0.3, -0.25) is 9.48 Å². The van der Waals surface area contributed by atoms with E-state index in [1.165, 1.54) is 5.56 Å². The first kappa shape index (κ1) is 14.7. The summed E-state index contributed by atoms with van der Waals surface area (Å²) in [5, 5.41) is 4.61. The van der Waals surface area contributed by atoms with Crippen LogP contribution in [0.5, 0.6) is 0 Å². The summed E-state index contributed by atoms with van der Waals surface area (Å²) in [6, 6.07) is 12.3. The number of rotatable bonds is 4. The molecule has 0 aliphatic heterocycles. The Bertz CT molecular complexity index is 815. The summed E-state index contributed by atoms with van der Waals surface area (Å²) in [5.41, 5.74) is 4.44. The Balaban J connectivity index is 1.94. The van der Waals surface area contributed by atoms with Gasteiger partial charge in [-0.25, -0.2) is 0 Å². The molecular formula is C18H18N2OS. The van der Waals surface area contributed by atoms with Gasteiger partial charge >= 0.3 is 0 Å². The molecule has 3 rings (SSSR count). The van der Waals surface area contributed by atoms with E-state index in [4.69, 9.17) is 0 Å². The number of aryl methyl sites for hydroxylation is 2. The summed E-state index contributed by atoms with van der Waals surface area (Å²) < 4.78 is 1.96. The molecule has 0 unspecified atom stereocenters. The van der Waals surface area contributed by atoms with E-state index in [1.807, 2.05) is 35.9 Å². The molecule has 0 bridgehead atoms. The van der Waals surface area contributed by atoms with Gasteiger partial charge in [-0.1, -0.05) is 30.3 Å². The molecule has 0 N–H and O–H groups in total. The van der Waals surface area contributed by atoms with Gasteiger partial charge < -0.3 is 0 Å². The summed E-state index contributed by atoms with van der Waals surface area (Å²) >= 11 is 1.55. The molecule has 2 aromatic heterocycles. The second-order valence-corrected chi connectivity index (χ2v) is 6.70. The second kappa shape index (κ2) is 5.89. The predicted molar refractivity (Wildman–Crippen MR) is 90.6 cm³/mol. The molecule has 0 atom stereocenters. The first-order valence-corrected chi connectivity index (χ1v) is 8.06. The smallest absolute Gasteiger partial charge is 0.169 e. The third-order valence-corrected chi connectivity index (χ3v) is 4.84. The molecule has 1 aromatic carbocycles. The zero-order valence-electron chi connectivity index (χ0n) is 13.0. The second-order valence-electron chi connectivity index (χ2n) is 5.45. The van der Waals surface area contributed by atoms with Crippen molar-refractivity contribution in [3.63, 3.8) is 0 Å². The van der Waals surface area contributed by atoms with E-state index in [0.29, 0.717) is 0 Å². The molecule has 112 valence electrons. The van der Waals surface area contributed by atoms with Crippen molar-refractivity contribution >= 4 is 17.1 Å². The quantitative estimate of drug-likeness (QED) is 0.666. The SMILES string of the molecule is CC(=O)c1cc(-c2cn(Cc3ccccc3)nc2C)c(C)s1. The maximum absolute atomic E-state index is 11.6. The van der Waals surface area contributed by atoms with Gasteiger partial charge in [0.15, 0.2) is 5.78 Å². The Hall–Kier alpha value is -2.20. The molecule has 2 heterocycles. The van der Waals surface area contributed by atoms with Gasteiger partial charge in [-0.2, -0.15) is 5.10 Å². The Morgan fingerprint density at radius 1 is 1.18 bits per heavy atom. The first-order valence-electron chi connectivity index (χ1n) is 7.24. The topological polar surface area (TPSA) is 34.9 Å². The lowest BCUT2D eigenvalue weighted by Gasteiger charge is -2.00. The zero-order chi connectivity index (χ0) is 15.7. The molecule has 0 aliphatic rings. The molecule has 0 saturated carbocycles. The number of hydrogen-bond acceptors (Lipinski definition) is 3. The Kier molecular flexibility index (Phi) is 3.94. The van der Waals surface area contributed by atoms with Crippen molar-refractivity contribution in [3.05, 3.63) is 63.6 Å². The minimum Gasteiger partial charge on any atom is -0.294 e. The van der Waals surface area contributed by atoms with Crippen LogP contribution in [0.2, 0.25) is 0 Å². The monoisotopic (exact) mass is 310 g/mol. The van der Waals surface area contributed by atoms with Crippen LogP contribution >= 0.6 is 11.3 Å². The number of nitrogens with zero attached hydrogens (tertiary/aromatic N) is 2. The van der Waals surface area contributed by atoms with Crippen LogP contribution in [0.1, 0.15) is 32.7 Å². The van der Waals surface area contributed by atoms with E-state index in [2.05, 4.69) is 30.4 Å². The third kappa shape index (κ3) is 2.88. The zero-order valence-corrected chi connectivity index (χ0v) is 13.8. The fourth-order valence-electron chi connectivity index (χ4n) is 2.56. The predicted octanol–water partition coefficient (Wildman–Crippen LogP) is 4.48. The van der Waals surface area contributed by atoms with E-state index in [0.717, 1.165) is 33.1 Å². The van der Waals surface area contributed by atoms with Crippen molar-refractivity contribution < 1.29 is 4.79 Å². The Labute approximate surface area is 134 Å². The van der Waals surface area contributed by atoms with E-state index < -0.39 is 0 Å². The van der Waals surface area contributed by atoms with Crippen LogP contribution < -0.4 is 0 Å². The van der Waals surface area contributed by atoms with Crippen molar-refractivity contribution in [2.75, 3.05) is 0 Å². The van der Waals surface area contributed by atoms with Crippen molar-refractivity contribution in [3.8, 4) is 11.1 Å². The number of ketones is 1. The van der Waals surface area contributed by atoms with Gasteiger partial charge in [0.1, 0.15) is 0 Å². The lowest BCUT2D eigenvalue weighted by Crippen LogP contribution is -1.99. The van der Waals surface area contributed by atoms with Crippen LogP contribution in [0.15, 0.2) is 42.6 Å². The van der Waals surface area contributed by atoms with Crippen molar-refractivity contribution in [1.29, 1.82) is 0 Å². The molecule has 0 aliphatic carbocycles. The number of carbonyl (C=O) groups is 1. The van der Waals surface area contributed by atoms with Gasteiger partial charge in [0.05, 0.1) is 17.1 Å². The van der Waals surface area contributed by atoms with Crippen molar-refractivity contribution in [1.82, 2.24) is 9.78 Å². The Morgan fingerprint density at radius 3 is 2.55 bits per heavy atom. The normalized spacial score (nSPS) is 10.9. The molecule has 0 radical (unpaired) electrons. The largest absolute Gasteiger partial charge is 0.294 e. The molecule has 4 heteroatoms. The minimum absolute atomic E-state index is 0.119. The number of hydrogen-bond donors (Lipinski definition) is 0. The lowest BCUT2D eigenvalue weighted by atomic mass is 10.1. The molecule has 0 spiro atoms. The van der Waals surface area contributed by atoms with Crippen LogP contribution in [-0.2, 0) is 6.54 Å². The highest BCUT2D eigenvalue weighted by Crippen LogP contribution is 2.33. The lowest BCUT2D eigenvalue weighted by molar-refractivity contribution is 0.102. The van der Waals surface area contributed by atoms with Gasteiger partial charge in [0.2, 0.25) is 0 Å². The van der Waals surface area contributed by atoms with Gasteiger partial charge in [0, 0.05) is 16.6 Å². The molecule has 3 nitrogen and oxygen atoms in total. The summed E-state index contributed by atoms with van der Waals surface area (Å²) in [5.74, 6) is 0.119. The van der Waals surface area contributed by atoms with Crippen LogP contribution in [0.4, 0.5) is 0 Å². The molecule has 3 aromatic rings. The van der Waals surface area contributed by atoms with Crippen LogP contribution in [0, 0.1) is 13.8 Å². The third-order valence-electron chi connectivity index (χ3n) is 3.69. The van der Waals surface area contributed by atoms with E-state index in [1.54, 1.807) is 18.3 Å². The van der Waals surface area contributed by atoms with Gasteiger partial charge in [-0.15, -0.1) is 11.3 Å². The number of thiophene rings is 1. The number of Topliss-reactive ketones (excluding diaryl/α,β-unsaturated/α-hetero) is 1. The van der Waals surface area contributed by atoms with E-state index in [-0.39, 0.29) is 5.78 Å². The van der Waals surface area contributed by atoms with Crippen molar-refractivity contribution in [2.24, 2.45) is 0 Å². The molecule has 0 amide bonds. The van der Waals surface area contributed by atoms with E-state index >= 15 is 0 Å². The summed E-state index contributed by atoms with van der Waals surface area (Å²) in [4.78, 5) is 13.5. The van der Waals surface area contributed by atoms with Crippen LogP contribution in [0.25, 0.3) is 11.1 Å². The van der Waals surface area contributed by atoms with Gasteiger partial charge in [-0.05, 0) is 38.0 Å². The first-order chi connectivity index (χ1) is 10.5. The van der Waals surface area contributed by atoms with Crippen LogP contribution in [0.3, 0.4) is 0 Å². The summed E-state index contributed by atoms with van der Waals surface area (Å²) in [7, 11) is 0. The summed E-state index contributed by atoms with van der Waals surface area (Å²) in [6.07, 6.45) is 2.07. The Morgan fingerprint density at radius 2 is 1.91 bits per heavy atom.